The van der Waals surface area contributed by atoms with Crippen molar-refractivity contribution in [1.29, 1.82) is 0 Å². The van der Waals surface area contributed by atoms with Gasteiger partial charge in [0.2, 0.25) is 0 Å². The first-order valence-corrected chi connectivity index (χ1v) is 8.55. The Morgan fingerprint density at radius 1 is 0.929 bits per heavy atom. The molecular formula is C21H16N4O3. The van der Waals surface area contributed by atoms with Crippen molar-refractivity contribution < 1.29 is 4.74 Å². The summed E-state index contributed by atoms with van der Waals surface area (Å²) in [6, 6.07) is 18.5. The number of para-hydroxylation sites is 1. The summed E-state index contributed by atoms with van der Waals surface area (Å²) >= 11 is 0. The van der Waals surface area contributed by atoms with Crippen LogP contribution < -0.4 is 26.3 Å². The lowest BCUT2D eigenvalue weighted by Gasteiger charge is -2.12. The fourth-order valence-electron chi connectivity index (χ4n) is 2.75. The van der Waals surface area contributed by atoms with Crippen LogP contribution in [0.4, 0.5) is 17.1 Å². The molecule has 0 atom stereocenters. The lowest BCUT2D eigenvalue weighted by molar-refractivity contribution is 0.415. The number of benzene rings is 2. The quantitative estimate of drug-likeness (QED) is 0.307. The first-order chi connectivity index (χ1) is 13.7. The predicted molar refractivity (Wildman–Crippen MR) is 111 cm³/mol. The summed E-state index contributed by atoms with van der Waals surface area (Å²) in [6.45, 7) is 0. The van der Waals surface area contributed by atoms with Crippen LogP contribution in [0, 0.1) is 0 Å². The summed E-state index contributed by atoms with van der Waals surface area (Å²) in [5.41, 5.74) is 3.89. The Morgan fingerprint density at radius 3 is 2.46 bits per heavy atom. The van der Waals surface area contributed by atoms with Gasteiger partial charge in [-0.05, 0) is 36.4 Å². The minimum absolute atomic E-state index is 0.123. The number of anilines is 3. The van der Waals surface area contributed by atoms with Gasteiger partial charge in [0.15, 0.2) is 0 Å². The molecule has 0 saturated carbocycles. The van der Waals surface area contributed by atoms with E-state index in [9.17, 15) is 9.59 Å². The van der Waals surface area contributed by atoms with Crippen molar-refractivity contribution in [3.8, 4) is 5.75 Å². The van der Waals surface area contributed by atoms with Gasteiger partial charge in [0.05, 0.1) is 24.5 Å². The molecule has 7 heteroatoms. The molecule has 7 nitrogen and oxygen atoms in total. The molecule has 138 valence electrons. The Balaban J connectivity index is 1.50. The molecule has 0 bridgehead atoms. The number of pyridine rings is 1. The van der Waals surface area contributed by atoms with E-state index in [4.69, 9.17) is 4.74 Å². The summed E-state index contributed by atoms with van der Waals surface area (Å²) in [5.74, 6) is 0.696. The molecule has 2 N–H and O–H groups in total. The van der Waals surface area contributed by atoms with Crippen molar-refractivity contribution in [2.75, 3.05) is 17.9 Å². The normalized spacial score (nSPS) is 11.2. The van der Waals surface area contributed by atoms with Crippen molar-refractivity contribution in [3.05, 3.63) is 86.8 Å². The van der Waals surface area contributed by atoms with Crippen LogP contribution in [-0.2, 0) is 0 Å². The number of nitrogens with one attached hydrogen (secondary N) is 2. The maximum Gasteiger partial charge on any atom is 0.255 e. The number of hydrazone groups is 1. The summed E-state index contributed by atoms with van der Waals surface area (Å²) in [7, 11) is 1.57. The van der Waals surface area contributed by atoms with Crippen LogP contribution in [0.25, 0.3) is 10.9 Å². The molecule has 0 unspecified atom stereocenters. The Labute approximate surface area is 160 Å². The van der Waals surface area contributed by atoms with Crippen LogP contribution in [0.5, 0.6) is 5.75 Å². The van der Waals surface area contributed by atoms with E-state index in [2.05, 4.69) is 20.8 Å². The maximum absolute atomic E-state index is 11.9. The highest BCUT2D eigenvalue weighted by molar-refractivity contribution is 5.86. The monoisotopic (exact) mass is 372 g/mol. The molecule has 0 spiro atoms. The molecule has 0 fully saturated rings. The number of hydrogen-bond donors (Lipinski definition) is 2. The predicted octanol–water partition coefficient (Wildman–Crippen LogP) is 3.03. The van der Waals surface area contributed by atoms with Gasteiger partial charge < -0.3 is 10.1 Å². The fraction of sp³-hybridized carbons (Fsp3) is 0.0476. The Hall–Kier alpha value is -4.00. The molecule has 0 aliphatic heterocycles. The van der Waals surface area contributed by atoms with Crippen LogP contribution >= 0.6 is 0 Å². The van der Waals surface area contributed by atoms with Crippen molar-refractivity contribution in [2.24, 2.45) is 5.10 Å². The van der Waals surface area contributed by atoms with Crippen molar-refractivity contribution in [3.63, 3.8) is 0 Å². The number of fused-ring (bicyclic) bond motifs is 1. The van der Waals surface area contributed by atoms with Gasteiger partial charge in [0, 0.05) is 11.1 Å². The molecular weight excluding hydrogens is 356 g/mol. The van der Waals surface area contributed by atoms with Gasteiger partial charge in [-0.1, -0.05) is 24.3 Å². The number of ether oxygens (including phenoxy) is 1. The van der Waals surface area contributed by atoms with Crippen LogP contribution in [0.3, 0.4) is 0 Å². The SMILES string of the molecule is COc1ccc(Nc2c(N/N=C/c3ccc4ccccc4n3)c(=O)c2=O)cc1. The third kappa shape index (κ3) is 3.33. The molecule has 0 radical (unpaired) electrons. The third-order valence-electron chi connectivity index (χ3n) is 4.26. The molecule has 4 aromatic rings. The maximum atomic E-state index is 11.9. The summed E-state index contributed by atoms with van der Waals surface area (Å²) in [6.07, 6.45) is 1.50. The lowest BCUT2D eigenvalue weighted by Crippen LogP contribution is -2.35. The van der Waals surface area contributed by atoms with Gasteiger partial charge in [-0.2, -0.15) is 5.10 Å². The van der Waals surface area contributed by atoms with E-state index >= 15 is 0 Å². The number of hydrogen-bond acceptors (Lipinski definition) is 7. The molecule has 3 aromatic carbocycles. The van der Waals surface area contributed by atoms with Gasteiger partial charge >= 0.3 is 0 Å². The van der Waals surface area contributed by atoms with E-state index in [1.165, 1.54) is 6.21 Å². The minimum atomic E-state index is -0.611. The average molecular weight is 372 g/mol. The Kier molecular flexibility index (Phi) is 4.55. The molecule has 1 aromatic heterocycles. The summed E-state index contributed by atoms with van der Waals surface area (Å²) in [5, 5.41) is 8.01. The Bertz CT molecular complexity index is 1240. The van der Waals surface area contributed by atoms with E-state index in [0.717, 1.165) is 10.9 Å². The minimum Gasteiger partial charge on any atom is -0.497 e. The first-order valence-electron chi connectivity index (χ1n) is 8.55. The van der Waals surface area contributed by atoms with Crippen LogP contribution in [0.2, 0.25) is 0 Å². The van der Waals surface area contributed by atoms with Gasteiger partial charge in [0.25, 0.3) is 10.9 Å². The molecule has 0 saturated heterocycles. The average Bonchev–Trinajstić information content (AvgIpc) is 2.75. The van der Waals surface area contributed by atoms with Crippen molar-refractivity contribution >= 4 is 34.2 Å². The number of nitrogens with zero attached hydrogens (tertiary/aromatic N) is 2. The zero-order chi connectivity index (χ0) is 19.5. The van der Waals surface area contributed by atoms with Crippen molar-refractivity contribution in [1.82, 2.24) is 4.98 Å². The van der Waals surface area contributed by atoms with Crippen LogP contribution in [0.1, 0.15) is 5.69 Å². The highest BCUT2D eigenvalue weighted by Crippen LogP contribution is 2.22. The molecule has 4 rings (SSSR count). The second kappa shape index (κ2) is 7.32. The van der Waals surface area contributed by atoms with E-state index < -0.39 is 10.9 Å². The van der Waals surface area contributed by atoms with Crippen LogP contribution in [-0.4, -0.2) is 18.3 Å². The lowest BCUT2D eigenvalue weighted by atomic mass is 10.2. The summed E-state index contributed by atoms with van der Waals surface area (Å²) in [4.78, 5) is 28.2. The van der Waals surface area contributed by atoms with Gasteiger partial charge in [0.1, 0.15) is 17.1 Å². The highest BCUT2D eigenvalue weighted by Gasteiger charge is 2.20. The molecule has 0 aliphatic carbocycles. The van der Waals surface area contributed by atoms with E-state index in [1.807, 2.05) is 36.4 Å². The van der Waals surface area contributed by atoms with E-state index in [-0.39, 0.29) is 11.4 Å². The topological polar surface area (TPSA) is 92.7 Å². The zero-order valence-corrected chi connectivity index (χ0v) is 15.0. The molecule has 0 amide bonds. The largest absolute Gasteiger partial charge is 0.497 e. The van der Waals surface area contributed by atoms with E-state index in [1.54, 1.807) is 31.4 Å². The standard InChI is InChI=1S/C21H16N4O3/c1-28-16-10-8-14(9-11-16)24-18-19(21(27)20(18)26)25-22-12-15-7-6-13-4-2-3-5-17(13)23-15/h2-12,24-25H,1H3/b22-12+. The fourth-order valence-corrected chi connectivity index (χ4v) is 2.75. The second-order valence-corrected chi connectivity index (χ2v) is 6.06. The second-order valence-electron chi connectivity index (χ2n) is 6.06. The number of aromatic nitrogens is 1. The molecule has 28 heavy (non-hydrogen) atoms. The third-order valence-corrected chi connectivity index (χ3v) is 4.26. The molecule has 1 heterocycles. The smallest absolute Gasteiger partial charge is 0.255 e. The van der Waals surface area contributed by atoms with E-state index in [0.29, 0.717) is 17.1 Å². The summed E-state index contributed by atoms with van der Waals surface area (Å²) < 4.78 is 5.10. The Morgan fingerprint density at radius 2 is 1.68 bits per heavy atom. The number of rotatable bonds is 6. The van der Waals surface area contributed by atoms with Gasteiger partial charge in [-0.25, -0.2) is 4.98 Å². The zero-order valence-electron chi connectivity index (χ0n) is 15.0. The highest BCUT2D eigenvalue weighted by atomic mass is 16.5. The van der Waals surface area contributed by atoms with Gasteiger partial charge in [-0.3, -0.25) is 15.0 Å². The van der Waals surface area contributed by atoms with Crippen LogP contribution in [0.15, 0.2) is 75.4 Å². The first kappa shape index (κ1) is 17.4. The van der Waals surface area contributed by atoms with Crippen molar-refractivity contribution in [2.45, 2.75) is 0 Å². The molecule has 0 aliphatic rings. The number of methoxy groups -OCH3 is 1. The van der Waals surface area contributed by atoms with Gasteiger partial charge in [-0.15, -0.1) is 0 Å².